The summed E-state index contributed by atoms with van der Waals surface area (Å²) < 4.78 is 11.0. The number of carbonyl (C=O) groups excluding carboxylic acids is 3. The lowest BCUT2D eigenvalue weighted by molar-refractivity contribution is -0.148. The summed E-state index contributed by atoms with van der Waals surface area (Å²) in [6, 6.07) is 20.7. The Labute approximate surface area is 268 Å². The van der Waals surface area contributed by atoms with E-state index >= 15 is 0 Å². The van der Waals surface area contributed by atoms with Crippen LogP contribution in [0.15, 0.2) is 72.8 Å². The molecule has 0 aliphatic carbocycles. The molecule has 1 saturated heterocycles. The highest BCUT2D eigenvalue weighted by Gasteiger charge is 2.50. The van der Waals surface area contributed by atoms with Gasteiger partial charge in [0.2, 0.25) is 5.91 Å². The first-order valence-corrected chi connectivity index (χ1v) is 16.2. The van der Waals surface area contributed by atoms with Gasteiger partial charge >= 0.3 is 0 Å². The molecule has 10 heteroatoms. The van der Waals surface area contributed by atoms with Crippen LogP contribution in [0.5, 0.6) is 11.5 Å². The number of benzene rings is 3. The second-order valence-corrected chi connectivity index (χ2v) is 13.7. The number of aliphatic hydroxyl groups excluding tert-OH is 1. The van der Waals surface area contributed by atoms with Crippen molar-refractivity contribution in [2.75, 3.05) is 19.1 Å². The molecule has 0 bridgehead atoms. The van der Waals surface area contributed by atoms with Gasteiger partial charge in [-0.2, -0.15) is 0 Å². The molecule has 0 aromatic heterocycles. The Hall–Kier alpha value is -4.02. The fraction of sp³-hybridized carbons (Fsp3) is 0.400. The van der Waals surface area contributed by atoms with Crippen LogP contribution in [0, 0.1) is 13.8 Å². The van der Waals surface area contributed by atoms with Crippen molar-refractivity contribution >= 4 is 29.5 Å². The quantitative estimate of drug-likeness (QED) is 0.309. The van der Waals surface area contributed by atoms with Crippen molar-refractivity contribution in [3.8, 4) is 11.5 Å². The Bertz CT molecular complexity index is 1510. The fourth-order valence-corrected chi connectivity index (χ4v) is 7.16. The van der Waals surface area contributed by atoms with Gasteiger partial charge in [0.25, 0.3) is 11.8 Å². The number of para-hydroxylation sites is 2. The van der Waals surface area contributed by atoms with Gasteiger partial charge in [0, 0.05) is 16.7 Å². The number of ether oxygens (including phenoxy) is 2. The zero-order chi connectivity index (χ0) is 32.1. The second kappa shape index (κ2) is 14.0. The molecule has 45 heavy (non-hydrogen) atoms. The van der Waals surface area contributed by atoms with Crippen LogP contribution >= 0.6 is 11.8 Å². The van der Waals surface area contributed by atoms with E-state index in [9.17, 15) is 19.5 Å². The molecular weight excluding hydrogens is 590 g/mol. The molecule has 0 radical (unpaired) electrons. The van der Waals surface area contributed by atoms with Crippen molar-refractivity contribution < 1.29 is 29.0 Å². The summed E-state index contributed by atoms with van der Waals surface area (Å²) >= 11 is 1.48. The number of aliphatic hydroxyl groups is 1. The molecule has 3 aromatic carbocycles. The van der Waals surface area contributed by atoms with Gasteiger partial charge in [0.15, 0.2) is 12.7 Å². The fourth-order valence-electron chi connectivity index (χ4n) is 6.02. The van der Waals surface area contributed by atoms with Gasteiger partial charge < -0.3 is 30.1 Å². The first kappa shape index (κ1) is 32.4. The molecule has 1 fully saturated rings. The number of aryl methyl sites for hydroxylation is 2. The minimum absolute atomic E-state index is 0.211. The Kier molecular flexibility index (Phi) is 10.0. The Morgan fingerprint density at radius 3 is 2.44 bits per heavy atom. The molecule has 5 rings (SSSR count). The number of hydrogen-bond acceptors (Lipinski definition) is 7. The van der Waals surface area contributed by atoms with E-state index in [1.54, 1.807) is 0 Å². The van der Waals surface area contributed by atoms with Crippen LogP contribution < -0.4 is 20.1 Å². The normalized spacial score (nSPS) is 19.9. The van der Waals surface area contributed by atoms with Crippen LogP contribution in [0.4, 0.5) is 0 Å². The standard InChI is InChI=1S/C35H41N3O6S/c1-22-11-10-12-23(2)31(22)44-20-29(39)36-27(19-24-13-6-5-7-14-24)30(40)34(42)38-21-45-35(3,4)32(38)33(41)37-26-17-18-43-28-16-9-8-15-25(26)28/h5-16,26-27,30,32,40H,17-21H2,1-4H3,(H,36,39)(H,37,41). The van der Waals surface area contributed by atoms with Gasteiger partial charge in [-0.05, 0) is 56.9 Å². The largest absolute Gasteiger partial charge is 0.493 e. The minimum Gasteiger partial charge on any atom is -0.493 e. The highest BCUT2D eigenvalue weighted by Crippen LogP contribution is 2.41. The van der Waals surface area contributed by atoms with E-state index in [-0.39, 0.29) is 30.9 Å². The van der Waals surface area contributed by atoms with E-state index in [2.05, 4.69) is 10.6 Å². The highest BCUT2D eigenvalue weighted by atomic mass is 32.2. The number of carbonyl (C=O) groups is 3. The maximum Gasteiger partial charge on any atom is 0.258 e. The summed E-state index contributed by atoms with van der Waals surface area (Å²) in [6.45, 7) is 7.86. The molecule has 0 spiro atoms. The number of nitrogens with zero attached hydrogens (tertiary/aromatic N) is 1. The van der Waals surface area contributed by atoms with E-state index in [4.69, 9.17) is 9.47 Å². The summed E-state index contributed by atoms with van der Waals surface area (Å²) in [6.07, 6.45) is -0.777. The minimum atomic E-state index is -1.59. The molecular formula is C35H41N3O6S. The Morgan fingerprint density at radius 2 is 1.71 bits per heavy atom. The number of amides is 3. The number of rotatable bonds is 10. The summed E-state index contributed by atoms with van der Waals surface area (Å²) in [5.74, 6) is 0.219. The first-order valence-electron chi connectivity index (χ1n) is 15.2. The summed E-state index contributed by atoms with van der Waals surface area (Å²) in [5.41, 5.74) is 3.55. The zero-order valence-electron chi connectivity index (χ0n) is 26.1. The van der Waals surface area contributed by atoms with Crippen LogP contribution in [0.3, 0.4) is 0 Å². The maximum atomic E-state index is 14.0. The molecule has 4 unspecified atom stereocenters. The lowest BCUT2D eigenvalue weighted by Crippen LogP contribution is -2.59. The summed E-state index contributed by atoms with van der Waals surface area (Å²) in [4.78, 5) is 42.4. The average molecular weight is 632 g/mol. The van der Waals surface area contributed by atoms with Crippen LogP contribution in [0.2, 0.25) is 0 Å². The molecule has 2 heterocycles. The van der Waals surface area contributed by atoms with E-state index in [1.165, 1.54) is 16.7 Å². The van der Waals surface area contributed by atoms with Crippen molar-refractivity contribution in [3.63, 3.8) is 0 Å². The van der Waals surface area contributed by atoms with Crippen LogP contribution in [0.25, 0.3) is 0 Å². The number of hydrogen-bond donors (Lipinski definition) is 3. The summed E-state index contributed by atoms with van der Waals surface area (Å²) in [7, 11) is 0. The molecule has 0 saturated carbocycles. The molecule has 238 valence electrons. The molecule has 2 aliphatic rings. The Morgan fingerprint density at radius 1 is 1.02 bits per heavy atom. The first-order chi connectivity index (χ1) is 21.5. The van der Waals surface area contributed by atoms with Crippen molar-refractivity contribution in [2.24, 2.45) is 0 Å². The lowest BCUT2D eigenvalue weighted by Gasteiger charge is -2.35. The average Bonchev–Trinajstić information content (AvgIpc) is 3.35. The number of thioether (sulfide) groups is 1. The van der Waals surface area contributed by atoms with Crippen LogP contribution in [0.1, 0.15) is 48.6 Å². The van der Waals surface area contributed by atoms with E-state index < -0.39 is 34.7 Å². The van der Waals surface area contributed by atoms with Crippen molar-refractivity contribution in [1.29, 1.82) is 0 Å². The smallest absolute Gasteiger partial charge is 0.258 e. The lowest BCUT2D eigenvalue weighted by atomic mass is 9.95. The monoisotopic (exact) mass is 631 g/mol. The maximum absolute atomic E-state index is 14.0. The van der Waals surface area contributed by atoms with Gasteiger partial charge in [0.05, 0.1) is 24.6 Å². The topological polar surface area (TPSA) is 117 Å². The SMILES string of the molecule is Cc1cccc(C)c1OCC(=O)NC(Cc1ccccc1)C(O)C(=O)N1CSC(C)(C)C1C(=O)NC1CCOc2ccccc21. The van der Waals surface area contributed by atoms with E-state index in [0.29, 0.717) is 18.8 Å². The van der Waals surface area contributed by atoms with Gasteiger partial charge in [-0.1, -0.05) is 66.7 Å². The van der Waals surface area contributed by atoms with Crippen LogP contribution in [-0.4, -0.2) is 69.8 Å². The highest BCUT2D eigenvalue weighted by molar-refractivity contribution is 8.00. The van der Waals surface area contributed by atoms with E-state index in [0.717, 1.165) is 28.0 Å². The van der Waals surface area contributed by atoms with Gasteiger partial charge in [-0.25, -0.2) is 0 Å². The Balaban J connectivity index is 1.32. The predicted molar refractivity (Wildman–Crippen MR) is 174 cm³/mol. The van der Waals surface area contributed by atoms with Gasteiger partial charge in [-0.15, -0.1) is 11.8 Å². The third kappa shape index (κ3) is 7.45. The molecule has 3 aromatic rings. The third-order valence-electron chi connectivity index (χ3n) is 8.39. The van der Waals surface area contributed by atoms with Gasteiger partial charge in [-0.3, -0.25) is 14.4 Å². The molecule has 4 atom stereocenters. The van der Waals surface area contributed by atoms with Crippen molar-refractivity contribution in [2.45, 2.75) is 69.5 Å². The van der Waals surface area contributed by atoms with Crippen LogP contribution in [-0.2, 0) is 20.8 Å². The molecule has 3 amide bonds. The number of fused-ring (bicyclic) bond motifs is 1. The molecule has 2 aliphatic heterocycles. The van der Waals surface area contributed by atoms with Gasteiger partial charge in [0.1, 0.15) is 17.5 Å². The third-order valence-corrected chi connectivity index (χ3v) is 9.76. The van der Waals surface area contributed by atoms with E-state index in [1.807, 2.05) is 100 Å². The molecule has 3 N–H and O–H groups in total. The summed E-state index contributed by atoms with van der Waals surface area (Å²) in [5, 5.41) is 17.5. The zero-order valence-corrected chi connectivity index (χ0v) is 26.9. The molecule has 9 nitrogen and oxygen atoms in total. The van der Waals surface area contributed by atoms with Crippen molar-refractivity contribution in [3.05, 3.63) is 95.1 Å². The second-order valence-electron chi connectivity index (χ2n) is 12.1. The van der Waals surface area contributed by atoms with Crippen molar-refractivity contribution in [1.82, 2.24) is 15.5 Å². The predicted octanol–water partition coefficient (Wildman–Crippen LogP) is 4.09. The number of nitrogens with one attached hydrogen (secondary N) is 2.